The summed E-state index contributed by atoms with van der Waals surface area (Å²) in [5, 5.41) is 6.72. The molecule has 0 aliphatic rings. The summed E-state index contributed by atoms with van der Waals surface area (Å²) in [6, 6.07) is 6.60. The predicted molar refractivity (Wildman–Crippen MR) is 73.8 cm³/mol. The van der Waals surface area contributed by atoms with E-state index in [1.807, 2.05) is 6.92 Å². The van der Waals surface area contributed by atoms with Crippen LogP contribution in [0, 0.1) is 0 Å². The molecule has 0 aliphatic carbocycles. The van der Waals surface area contributed by atoms with E-state index in [1.54, 1.807) is 24.3 Å². The van der Waals surface area contributed by atoms with E-state index in [1.165, 1.54) is 6.39 Å². The van der Waals surface area contributed by atoms with E-state index in [0.29, 0.717) is 12.2 Å². The molecule has 20 heavy (non-hydrogen) atoms. The lowest BCUT2D eigenvalue weighted by atomic mass is 10.3. The molecule has 2 rings (SSSR count). The number of sulfonamides is 1. The molecule has 0 atom stereocenters. The molecule has 1 aromatic carbocycles. The summed E-state index contributed by atoms with van der Waals surface area (Å²) in [7, 11) is -3.51. The molecule has 0 unspecified atom stereocenters. The van der Waals surface area contributed by atoms with E-state index in [2.05, 4.69) is 24.7 Å². The maximum absolute atomic E-state index is 12.0. The third kappa shape index (κ3) is 3.78. The van der Waals surface area contributed by atoms with Gasteiger partial charge in [0.15, 0.2) is 5.82 Å². The van der Waals surface area contributed by atoms with E-state index in [-0.39, 0.29) is 11.4 Å². The van der Waals surface area contributed by atoms with Gasteiger partial charge in [-0.15, -0.1) is 0 Å². The average Bonchev–Trinajstić information content (AvgIpc) is 2.93. The number of hydrogen-bond donors (Lipinski definition) is 2. The van der Waals surface area contributed by atoms with Gasteiger partial charge in [0, 0.05) is 25.2 Å². The number of nitrogens with zero attached hydrogens (tertiary/aromatic N) is 2. The molecule has 0 saturated carbocycles. The maximum Gasteiger partial charge on any atom is 0.240 e. The molecule has 0 spiro atoms. The highest BCUT2D eigenvalue weighted by Gasteiger charge is 2.13. The van der Waals surface area contributed by atoms with Crippen LogP contribution in [-0.2, 0) is 16.4 Å². The Kier molecular flexibility index (Phi) is 4.70. The normalized spacial score (nSPS) is 11.4. The van der Waals surface area contributed by atoms with Crippen LogP contribution in [0.5, 0.6) is 0 Å². The summed E-state index contributed by atoms with van der Waals surface area (Å²) in [4.78, 5) is 4.05. The van der Waals surface area contributed by atoms with Crippen LogP contribution in [0.1, 0.15) is 12.7 Å². The maximum atomic E-state index is 12.0. The number of aromatic nitrogens is 2. The Labute approximate surface area is 117 Å². The van der Waals surface area contributed by atoms with Crippen molar-refractivity contribution in [3.8, 4) is 0 Å². The summed E-state index contributed by atoms with van der Waals surface area (Å²) in [6.45, 7) is 2.98. The molecule has 7 nitrogen and oxygen atoms in total. The monoisotopic (exact) mass is 296 g/mol. The number of benzene rings is 1. The van der Waals surface area contributed by atoms with Crippen LogP contribution in [0.3, 0.4) is 0 Å². The zero-order valence-electron chi connectivity index (χ0n) is 11.0. The Balaban J connectivity index is 1.95. The summed E-state index contributed by atoms with van der Waals surface area (Å²) >= 11 is 0. The highest BCUT2D eigenvalue weighted by Crippen LogP contribution is 2.13. The molecular weight excluding hydrogens is 280 g/mol. The molecular formula is C12H16N4O3S. The van der Waals surface area contributed by atoms with Gasteiger partial charge in [0.2, 0.25) is 16.4 Å². The minimum absolute atomic E-state index is 0.219. The first-order valence-corrected chi connectivity index (χ1v) is 7.69. The standard InChI is InChI=1S/C12H16N4O3S/c1-2-13-10-3-5-11(6-4-10)20(17,18)15-8-7-12-14-9-19-16-12/h3-6,9,13,15H,2,7-8H2,1H3. The van der Waals surface area contributed by atoms with Crippen molar-refractivity contribution in [3.63, 3.8) is 0 Å². The second kappa shape index (κ2) is 6.49. The second-order valence-electron chi connectivity index (χ2n) is 4.05. The van der Waals surface area contributed by atoms with Crippen molar-refractivity contribution in [2.24, 2.45) is 0 Å². The van der Waals surface area contributed by atoms with E-state index in [9.17, 15) is 8.42 Å². The van der Waals surface area contributed by atoms with E-state index in [0.717, 1.165) is 12.2 Å². The van der Waals surface area contributed by atoms with Gasteiger partial charge in [-0.1, -0.05) is 5.16 Å². The van der Waals surface area contributed by atoms with Gasteiger partial charge in [0.25, 0.3) is 0 Å². The van der Waals surface area contributed by atoms with Crippen LogP contribution in [0.15, 0.2) is 40.1 Å². The molecule has 0 amide bonds. The fourth-order valence-electron chi connectivity index (χ4n) is 1.64. The Morgan fingerprint density at radius 1 is 1.25 bits per heavy atom. The van der Waals surface area contributed by atoms with Gasteiger partial charge < -0.3 is 9.84 Å². The van der Waals surface area contributed by atoms with Crippen molar-refractivity contribution < 1.29 is 12.9 Å². The van der Waals surface area contributed by atoms with Crippen molar-refractivity contribution in [2.75, 3.05) is 18.4 Å². The Morgan fingerprint density at radius 2 is 2.00 bits per heavy atom. The summed E-state index contributed by atoms with van der Waals surface area (Å²) in [5.41, 5.74) is 0.887. The van der Waals surface area contributed by atoms with E-state index >= 15 is 0 Å². The number of anilines is 1. The molecule has 2 N–H and O–H groups in total. The van der Waals surface area contributed by atoms with Gasteiger partial charge in [0.1, 0.15) is 0 Å². The van der Waals surface area contributed by atoms with Crippen molar-refractivity contribution in [2.45, 2.75) is 18.2 Å². The van der Waals surface area contributed by atoms with Crippen molar-refractivity contribution in [1.29, 1.82) is 0 Å². The average molecular weight is 296 g/mol. The largest absolute Gasteiger partial charge is 0.385 e. The number of hydrogen-bond acceptors (Lipinski definition) is 6. The van der Waals surface area contributed by atoms with Crippen molar-refractivity contribution >= 4 is 15.7 Å². The minimum atomic E-state index is -3.51. The zero-order chi connectivity index (χ0) is 14.4. The molecule has 0 fully saturated rings. The van der Waals surface area contributed by atoms with Crippen LogP contribution >= 0.6 is 0 Å². The van der Waals surface area contributed by atoms with Gasteiger partial charge in [-0.2, -0.15) is 4.98 Å². The van der Waals surface area contributed by atoms with Gasteiger partial charge in [-0.25, -0.2) is 13.1 Å². The van der Waals surface area contributed by atoms with Crippen LogP contribution < -0.4 is 10.0 Å². The van der Waals surface area contributed by atoms with Crippen LogP contribution in [0.4, 0.5) is 5.69 Å². The molecule has 1 heterocycles. The van der Waals surface area contributed by atoms with Gasteiger partial charge in [-0.05, 0) is 31.2 Å². The highest BCUT2D eigenvalue weighted by atomic mass is 32.2. The van der Waals surface area contributed by atoms with Gasteiger partial charge in [0.05, 0.1) is 4.90 Å². The fourth-order valence-corrected chi connectivity index (χ4v) is 2.67. The summed E-state index contributed by atoms with van der Waals surface area (Å²) in [5.74, 6) is 0.468. The van der Waals surface area contributed by atoms with Crippen molar-refractivity contribution in [3.05, 3.63) is 36.5 Å². The highest BCUT2D eigenvalue weighted by molar-refractivity contribution is 7.89. The molecule has 0 saturated heterocycles. The lowest BCUT2D eigenvalue weighted by molar-refractivity contribution is 0.410. The predicted octanol–water partition coefficient (Wildman–Crippen LogP) is 1.02. The summed E-state index contributed by atoms with van der Waals surface area (Å²) in [6.07, 6.45) is 1.59. The molecule has 2 aromatic rings. The third-order valence-electron chi connectivity index (χ3n) is 2.59. The fraction of sp³-hybridized carbons (Fsp3) is 0.333. The molecule has 0 radical (unpaired) electrons. The Morgan fingerprint density at radius 3 is 2.60 bits per heavy atom. The van der Waals surface area contributed by atoms with Gasteiger partial charge >= 0.3 is 0 Å². The zero-order valence-corrected chi connectivity index (χ0v) is 11.9. The molecule has 108 valence electrons. The molecule has 0 aliphatic heterocycles. The number of rotatable bonds is 7. The van der Waals surface area contributed by atoms with Crippen LogP contribution in [-0.4, -0.2) is 31.6 Å². The SMILES string of the molecule is CCNc1ccc(S(=O)(=O)NCCc2ncon2)cc1. The lowest BCUT2D eigenvalue weighted by Crippen LogP contribution is -2.26. The first kappa shape index (κ1) is 14.5. The topological polar surface area (TPSA) is 97.1 Å². The second-order valence-corrected chi connectivity index (χ2v) is 5.82. The lowest BCUT2D eigenvalue weighted by Gasteiger charge is -2.07. The third-order valence-corrected chi connectivity index (χ3v) is 4.07. The molecule has 8 heteroatoms. The first-order valence-electron chi connectivity index (χ1n) is 6.20. The quantitative estimate of drug-likeness (QED) is 0.792. The first-order chi connectivity index (χ1) is 9.62. The van der Waals surface area contributed by atoms with Crippen LogP contribution in [0.25, 0.3) is 0 Å². The Bertz CT molecular complexity index is 623. The summed E-state index contributed by atoms with van der Waals surface area (Å²) < 4.78 is 31.1. The van der Waals surface area contributed by atoms with E-state index < -0.39 is 10.0 Å². The minimum Gasteiger partial charge on any atom is -0.385 e. The molecule has 1 aromatic heterocycles. The smallest absolute Gasteiger partial charge is 0.240 e. The Hall–Kier alpha value is -1.93. The van der Waals surface area contributed by atoms with Gasteiger partial charge in [-0.3, -0.25) is 0 Å². The van der Waals surface area contributed by atoms with E-state index in [4.69, 9.17) is 0 Å². The van der Waals surface area contributed by atoms with Crippen LogP contribution in [0.2, 0.25) is 0 Å². The number of nitrogens with one attached hydrogen (secondary N) is 2. The molecule has 0 bridgehead atoms. The van der Waals surface area contributed by atoms with Crippen molar-refractivity contribution in [1.82, 2.24) is 14.9 Å².